The zero-order chi connectivity index (χ0) is 9.31. The molecule has 1 N–H and O–H groups in total. The van der Waals surface area contributed by atoms with Crippen LogP contribution in [0.5, 0.6) is 0 Å². The van der Waals surface area contributed by atoms with Crippen molar-refractivity contribution in [3.8, 4) is 0 Å². The molecule has 1 aromatic rings. The van der Waals surface area contributed by atoms with E-state index in [0.29, 0.717) is 0 Å². The normalized spacial score (nSPS) is 19.8. The summed E-state index contributed by atoms with van der Waals surface area (Å²) >= 11 is 0. The summed E-state index contributed by atoms with van der Waals surface area (Å²) in [6.07, 6.45) is 7.78. The Morgan fingerprint density at radius 2 is 2.38 bits per heavy atom. The molecule has 0 unspecified atom stereocenters. The Balaban J connectivity index is 2.12. The Hall–Kier alpha value is -0.830. The van der Waals surface area contributed by atoms with Gasteiger partial charge in [-0.2, -0.15) is 5.10 Å². The van der Waals surface area contributed by atoms with Crippen molar-refractivity contribution in [1.29, 1.82) is 0 Å². The van der Waals surface area contributed by atoms with Crippen LogP contribution < -0.4 is 0 Å². The zero-order valence-corrected chi connectivity index (χ0v) is 8.03. The van der Waals surface area contributed by atoms with Crippen LogP contribution in [0.2, 0.25) is 0 Å². The number of aromatic nitrogens is 2. The molecule has 1 heterocycles. The molecular weight excluding hydrogens is 164 g/mol. The second-order valence-electron chi connectivity index (χ2n) is 3.88. The molecule has 0 aromatic carbocycles. The summed E-state index contributed by atoms with van der Waals surface area (Å²) in [6, 6.07) is 0. The van der Waals surface area contributed by atoms with Crippen molar-refractivity contribution in [2.45, 2.75) is 44.8 Å². The smallest absolute Gasteiger partial charge is 0.0926 e. The first-order valence-electron chi connectivity index (χ1n) is 5.00. The first-order valence-corrected chi connectivity index (χ1v) is 5.00. The summed E-state index contributed by atoms with van der Waals surface area (Å²) in [6.45, 7) is 3.06. The van der Waals surface area contributed by atoms with Gasteiger partial charge in [-0.05, 0) is 25.7 Å². The Morgan fingerprint density at radius 3 is 2.92 bits per heavy atom. The van der Waals surface area contributed by atoms with Crippen molar-refractivity contribution >= 4 is 0 Å². The fourth-order valence-corrected chi connectivity index (χ4v) is 1.76. The average Bonchev–Trinajstić information content (AvgIpc) is 2.50. The second-order valence-corrected chi connectivity index (χ2v) is 3.88. The van der Waals surface area contributed by atoms with E-state index in [2.05, 4.69) is 12.0 Å². The predicted octanol–water partition coefficient (Wildman–Crippen LogP) is 1.66. The highest BCUT2D eigenvalue weighted by atomic mass is 16.3. The van der Waals surface area contributed by atoms with E-state index < -0.39 is 5.60 Å². The molecule has 0 aliphatic heterocycles. The third-order valence-corrected chi connectivity index (χ3v) is 2.80. The van der Waals surface area contributed by atoms with Crippen molar-refractivity contribution in [1.82, 2.24) is 9.78 Å². The highest BCUT2D eigenvalue weighted by Crippen LogP contribution is 2.40. The van der Waals surface area contributed by atoms with Gasteiger partial charge in [0.15, 0.2) is 0 Å². The molecule has 0 atom stereocenters. The van der Waals surface area contributed by atoms with E-state index in [4.69, 9.17) is 0 Å². The zero-order valence-electron chi connectivity index (χ0n) is 8.03. The Bertz CT molecular complexity index is 289. The molecule has 72 valence electrons. The predicted molar refractivity (Wildman–Crippen MR) is 50.3 cm³/mol. The number of hydrogen-bond donors (Lipinski definition) is 1. The van der Waals surface area contributed by atoms with E-state index in [-0.39, 0.29) is 0 Å². The molecule has 1 aliphatic rings. The number of aryl methyl sites for hydroxylation is 1. The lowest BCUT2D eigenvalue weighted by atomic mass is 9.76. The maximum atomic E-state index is 10.0. The molecule has 1 aromatic heterocycles. The van der Waals surface area contributed by atoms with Gasteiger partial charge in [-0.3, -0.25) is 4.68 Å². The van der Waals surface area contributed by atoms with Crippen LogP contribution >= 0.6 is 0 Å². The fourth-order valence-electron chi connectivity index (χ4n) is 1.76. The largest absolute Gasteiger partial charge is 0.385 e. The van der Waals surface area contributed by atoms with Crippen molar-refractivity contribution in [3.05, 3.63) is 18.0 Å². The van der Waals surface area contributed by atoms with Gasteiger partial charge in [0.1, 0.15) is 0 Å². The van der Waals surface area contributed by atoms with Gasteiger partial charge in [0.05, 0.1) is 11.8 Å². The highest BCUT2D eigenvalue weighted by molar-refractivity contribution is 5.18. The topological polar surface area (TPSA) is 38.0 Å². The van der Waals surface area contributed by atoms with Crippen LogP contribution in [0.1, 0.15) is 38.2 Å². The Morgan fingerprint density at radius 1 is 1.62 bits per heavy atom. The molecule has 0 amide bonds. The molecule has 0 bridgehead atoms. The molecule has 3 nitrogen and oxygen atoms in total. The third-order valence-electron chi connectivity index (χ3n) is 2.80. The van der Waals surface area contributed by atoms with Crippen molar-refractivity contribution in [3.63, 3.8) is 0 Å². The minimum absolute atomic E-state index is 0.550. The van der Waals surface area contributed by atoms with Crippen molar-refractivity contribution < 1.29 is 5.11 Å². The summed E-state index contributed by atoms with van der Waals surface area (Å²) in [7, 11) is 0. The number of aliphatic hydroxyl groups is 1. The van der Waals surface area contributed by atoms with Crippen LogP contribution in [0.4, 0.5) is 0 Å². The summed E-state index contributed by atoms with van der Waals surface area (Å²) in [5.74, 6) is 0. The highest BCUT2D eigenvalue weighted by Gasteiger charge is 2.37. The lowest BCUT2D eigenvalue weighted by molar-refractivity contribution is -0.0388. The molecule has 0 saturated heterocycles. The number of rotatable bonds is 3. The molecule has 0 radical (unpaired) electrons. The van der Waals surface area contributed by atoms with Gasteiger partial charge in [-0.25, -0.2) is 0 Å². The lowest BCUT2D eigenvalue weighted by Crippen LogP contribution is -2.33. The summed E-state index contributed by atoms with van der Waals surface area (Å²) < 4.78 is 1.91. The third kappa shape index (κ3) is 1.48. The second kappa shape index (κ2) is 3.14. The number of nitrogens with zero attached hydrogens (tertiary/aromatic N) is 2. The van der Waals surface area contributed by atoms with E-state index in [1.54, 1.807) is 6.20 Å². The summed E-state index contributed by atoms with van der Waals surface area (Å²) in [4.78, 5) is 0. The minimum atomic E-state index is -0.550. The van der Waals surface area contributed by atoms with E-state index in [9.17, 15) is 5.11 Å². The van der Waals surface area contributed by atoms with Gasteiger partial charge in [0.25, 0.3) is 0 Å². The maximum Gasteiger partial charge on any atom is 0.0926 e. The summed E-state index contributed by atoms with van der Waals surface area (Å²) in [5, 5.41) is 14.2. The van der Waals surface area contributed by atoms with Crippen molar-refractivity contribution in [2.24, 2.45) is 0 Å². The standard InChI is InChI=1S/C10H16N2O/c1-2-6-12-8-9(7-11-12)10(13)4-3-5-10/h7-8,13H,2-6H2,1H3. The Kier molecular flexibility index (Phi) is 2.12. The van der Waals surface area contributed by atoms with Crippen LogP contribution in [0, 0.1) is 0 Å². The SMILES string of the molecule is CCCn1cc(C2(O)CCC2)cn1. The molecular formula is C10H16N2O. The fraction of sp³-hybridized carbons (Fsp3) is 0.700. The Labute approximate surface area is 78.4 Å². The average molecular weight is 180 g/mol. The molecule has 1 fully saturated rings. The molecule has 3 heteroatoms. The van der Waals surface area contributed by atoms with Gasteiger partial charge < -0.3 is 5.11 Å². The molecule has 13 heavy (non-hydrogen) atoms. The molecule has 0 spiro atoms. The summed E-state index contributed by atoms with van der Waals surface area (Å²) in [5.41, 5.74) is 0.443. The van der Waals surface area contributed by atoms with E-state index in [1.807, 2.05) is 10.9 Å². The quantitative estimate of drug-likeness (QED) is 0.768. The van der Waals surface area contributed by atoms with Gasteiger partial charge in [-0.1, -0.05) is 6.92 Å². The van der Waals surface area contributed by atoms with E-state index >= 15 is 0 Å². The van der Waals surface area contributed by atoms with Crippen LogP contribution in [0.25, 0.3) is 0 Å². The molecule has 1 aliphatic carbocycles. The van der Waals surface area contributed by atoms with E-state index in [1.165, 1.54) is 0 Å². The van der Waals surface area contributed by atoms with Crippen molar-refractivity contribution in [2.75, 3.05) is 0 Å². The maximum absolute atomic E-state index is 10.0. The first-order chi connectivity index (χ1) is 6.24. The van der Waals surface area contributed by atoms with Crippen LogP contribution in [0.15, 0.2) is 12.4 Å². The van der Waals surface area contributed by atoms with Crippen LogP contribution in [-0.4, -0.2) is 14.9 Å². The molecule has 1 saturated carbocycles. The monoisotopic (exact) mass is 180 g/mol. The van der Waals surface area contributed by atoms with Gasteiger partial charge in [-0.15, -0.1) is 0 Å². The van der Waals surface area contributed by atoms with Gasteiger partial charge in [0.2, 0.25) is 0 Å². The van der Waals surface area contributed by atoms with Crippen LogP contribution in [0.3, 0.4) is 0 Å². The van der Waals surface area contributed by atoms with Gasteiger partial charge in [0, 0.05) is 18.3 Å². The molecule has 2 rings (SSSR count). The van der Waals surface area contributed by atoms with Crippen LogP contribution in [-0.2, 0) is 12.1 Å². The minimum Gasteiger partial charge on any atom is -0.385 e. The first kappa shape index (κ1) is 8.75. The number of hydrogen-bond acceptors (Lipinski definition) is 2. The van der Waals surface area contributed by atoms with E-state index in [0.717, 1.165) is 37.8 Å². The lowest BCUT2D eigenvalue weighted by Gasteiger charge is -2.35. The van der Waals surface area contributed by atoms with Gasteiger partial charge >= 0.3 is 0 Å².